The Labute approximate surface area is 93.3 Å². The van der Waals surface area contributed by atoms with Crippen LogP contribution in [0.5, 0.6) is 11.5 Å². The lowest BCUT2D eigenvalue weighted by atomic mass is 10.2. The molecule has 0 aliphatic rings. The van der Waals surface area contributed by atoms with Crippen molar-refractivity contribution < 1.29 is 14.3 Å². The summed E-state index contributed by atoms with van der Waals surface area (Å²) in [6.45, 7) is 3.81. The van der Waals surface area contributed by atoms with Crippen molar-refractivity contribution in [1.82, 2.24) is 0 Å². The van der Waals surface area contributed by atoms with Gasteiger partial charge in [0.1, 0.15) is 18.1 Å². The Morgan fingerprint density at radius 3 is 2.80 bits per heavy atom. The van der Waals surface area contributed by atoms with Gasteiger partial charge in [0.15, 0.2) is 6.29 Å². The van der Waals surface area contributed by atoms with Gasteiger partial charge < -0.3 is 9.47 Å². The molecule has 1 aromatic carbocycles. The number of aldehydes is 1. The Morgan fingerprint density at radius 2 is 2.27 bits per heavy atom. The molecule has 0 N–H and O–H groups in total. The molecule has 0 fully saturated rings. The first-order chi connectivity index (χ1) is 7.22. The number of halogens is 1. The van der Waals surface area contributed by atoms with E-state index in [9.17, 15) is 4.79 Å². The molecule has 0 spiro atoms. The maximum absolute atomic E-state index is 10.8. The fourth-order valence-electron chi connectivity index (χ4n) is 1.09. The SMILES string of the molecule is C=CCOc1c(Cl)cc(OC)cc1C=O. The minimum absolute atomic E-state index is 0.299. The fourth-order valence-corrected chi connectivity index (χ4v) is 1.36. The molecule has 4 heteroatoms. The summed E-state index contributed by atoms with van der Waals surface area (Å²) in [4.78, 5) is 10.8. The van der Waals surface area contributed by atoms with Gasteiger partial charge in [-0.3, -0.25) is 4.79 Å². The summed E-state index contributed by atoms with van der Waals surface area (Å²) in [6.07, 6.45) is 2.25. The zero-order valence-electron chi connectivity index (χ0n) is 8.33. The predicted molar refractivity (Wildman–Crippen MR) is 59.1 cm³/mol. The average molecular weight is 227 g/mol. The smallest absolute Gasteiger partial charge is 0.153 e. The standard InChI is InChI=1S/C11H11ClO3/c1-3-4-15-11-8(7-13)5-9(14-2)6-10(11)12/h3,5-7H,1,4H2,2H3. The number of benzene rings is 1. The number of hydrogen-bond donors (Lipinski definition) is 0. The monoisotopic (exact) mass is 226 g/mol. The number of carbonyl (C=O) groups excluding carboxylic acids is 1. The van der Waals surface area contributed by atoms with Gasteiger partial charge in [-0.15, -0.1) is 0 Å². The highest BCUT2D eigenvalue weighted by molar-refractivity contribution is 6.32. The molecule has 0 aliphatic carbocycles. The topological polar surface area (TPSA) is 35.5 Å². The van der Waals surface area contributed by atoms with Crippen LogP contribution in [0.15, 0.2) is 24.8 Å². The molecule has 0 unspecified atom stereocenters. The third kappa shape index (κ3) is 2.73. The van der Waals surface area contributed by atoms with Crippen LogP contribution < -0.4 is 9.47 Å². The molecule has 0 saturated carbocycles. The van der Waals surface area contributed by atoms with Crippen LogP contribution in [0.25, 0.3) is 0 Å². The van der Waals surface area contributed by atoms with Gasteiger partial charge in [-0.1, -0.05) is 24.3 Å². The van der Waals surface area contributed by atoms with Crippen molar-refractivity contribution in [1.29, 1.82) is 0 Å². The van der Waals surface area contributed by atoms with Crippen molar-refractivity contribution in [3.05, 3.63) is 35.4 Å². The van der Waals surface area contributed by atoms with Crippen molar-refractivity contribution >= 4 is 17.9 Å². The Balaban J connectivity index is 3.12. The first-order valence-electron chi connectivity index (χ1n) is 4.29. The summed E-state index contributed by atoms with van der Waals surface area (Å²) in [5.74, 6) is 0.875. The molecular formula is C11H11ClO3. The first-order valence-corrected chi connectivity index (χ1v) is 4.67. The minimum atomic E-state index is 0.299. The van der Waals surface area contributed by atoms with Gasteiger partial charge >= 0.3 is 0 Å². The Hall–Kier alpha value is -1.48. The van der Waals surface area contributed by atoms with Gasteiger partial charge in [-0.2, -0.15) is 0 Å². The van der Waals surface area contributed by atoms with Crippen molar-refractivity contribution in [2.45, 2.75) is 0 Å². The molecule has 3 nitrogen and oxygen atoms in total. The number of ether oxygens (including phenoxy) is 2. The summed E-state index contributed by atoms with van der Waals surface area (Å²) in [5, 5.41) is 0.346. The zero-order chi connectivity index (χ0) is 11.3. The third-order valence-corrected chi connectivity index (χ3v) is 2.03. The van der Waals surface area contributed by atoms with Gasteiger partial charge in [-0.25, -0.2) is 0 Å². The van der Waals surface area contributed by atoms with Crippen molar-refractivity contribution in [2.75, 3.05) is 13.7 Å². The van der Waals surface area contributed by atoms with E-state index >= 15 is 0 Å². The molecular weight excluding hydrogens is 216 g/mol. The number of carbonyl (C=O) groups is 1. The van der Waals surface area contributed by atoms with E-state index in [1.165, 1.54) is 7.11 Å². The molecule has 80 valence electrons. The molecule has 1 rings (SSSR count). The van der Waals surface area contributed by atoms with E-state index in [1.54, 1.807) is 18.2 Å². The largest absolute Gasteiger partial charge is 0.497 e. The number of methoxy groups -OCH3 is 1. The molecule has 1 aromatic rings. The lowest BCUT2D eigenvalue weighted by molar-refractivity contribution is 0.111. The Bertz CT molecular complexity index is 374. The molecule has 0 heterocycles. The van der Waals surface area contributed by atoms with E-state index in [0.29, 0.717) is 35.0 Å². The molecule has 0 amide bonds. The second-order valence-corrected chi connectivity index (χ2v) is 3.15. The maximum atomic E-state index is 10.8. The van der Waals surface area contributed by atoms with Crippen LogP contribution in [0, 0.1) is 0 Å². The highest BCUT2D eigenvalue weighted by atomic mass is 35.5. The first kappa shape index (κ1) is 11.6. The van der Waals surface area contributed by atoms with Crippen LogP contribution in [0.1, 0.15) is 10.4 Å². The van der Waals surface area contributed by atoms with Crippen molar-refractivity contribution in [3.8, 4) is 11.5 Å². The third-order valence-electron chi connectivity index (χ3n) is 1.75. The summed E-state index contributed by atoms with van der Waals surface area (Å²) < 4.78 is 10.2. The predicted octanol–water partition coefficient (Wildman–Crippen LogP) is 2.73. The normalized spacial score (nSPS) is 9.47. The molecule has 0 atom stereocenters. The van der Waals surface area contributed by atoms with Crippen LogP contribution >= 0.6 is 11.6 Å². The Morgan fingerprint density at radius 1 is 1.53 bits per heavy atom. The van der Waals surface area contributed by atoms with E-state index in [0.717, 1.165) is 0 Å². The second-order valence-electron chi connectivity index (χ2n) is 2.75. The highest BCUT2D eigenvalue weighted by Crippen LogP contribution is 2.32. The average Bonchev–Trinajstić information content (AvgIpc) is 2.26. The van der Waals surface area contributed by atoms with Gasteiger partial charge in [0.2, 0.25) is 0 Å². The van der Waals surface area contributed by atoms with Gasteiger partial charge in [0, 0.05) is 6.07 Å². The molecule has 0 radical (unpaired) electrons. The summed E-state index contributed by atoms with van der Waals surface area (Å²) >= 11 is 5.93. The zero-order valence-corrected chi connectivity index (χ0v) is 9.08. The minimum Gasteiger partial charge on any atom is -0.497 e. The molecule has 15 heavy (non-hydrogen) atoms. The van der Waals surface area contributed by atoms with Gasteiger partial charge in [0.05, 0.1) is 17.7 Å². The summed E-state index contributed by atoms with van der Waals surface area (Å²) in [7, 11) is 1.50. The van der Waals surface area contributed by atoms with E-state index < -0.39 is 0 Å². The highest BCUT2D eigenvalue weighted by Gasteiger charge is 2.10. The van der Waals surface area contributed by atoms with E-state index in [4.69, 9.17) is 21.1 Å². The molecule has 0 aromatic heterocycles. The van der Waals surface area contributed by atoms with Crippen molar-refractivity contribution in [3.63, 3.8) is 0 Å². The lowest BCUT2D eigenvalue weighted by Crippen LogP contribution is -1.98. The van der Waals surface area contributed by atoms with Gasteiger partial charge in [-0.05, 0) is 6.07 Å². The molecule has 0 aliphatic heterocycles. The quantitative estimate of drug-likeness (QED) is 0.572. The summed E-state index contributed by atoms with van der Waals surface area (Å²) in [5.41, 5.74) is 0.362. The summed E-state index contributed by atoms with van der Waals surface area (Å²) in [6, 6.07) is 3.16. The van der Waals surface area contributed by atoms with Crippen LogP contribution in [-0.4, -0.2) is 20.0 Å². The maximum Gasteiger partial charge on any atom is 0.153 e. The molecule has 0 bridgehead atoms. The van der Waals surface area contributed by atoms with E-state index in [2.05, 4.69) is 6.58 Å². The number of rotatable bonds is 5. The fraction of sp³-hybridized carbons (Fsp3) is 0.182. The second kappa shape index (κ2) is 5.41. The van der Waals surface area contributed by atoms with Gasteiger partial charge in [0.25, 0.3) is 0 Å². The van der Waals surface area contributed by atoms with Crippen LogP contribution in [0.3, 0.4) is 0 Å². The molecule has 0 saturated heterocycles. The van der Waals surface area contributed by atoms with Crippen LogP contribution in [0.4, 0.5) is 0 Å². The lowest BCUT2D eigenvalue weighted by Gasteiger charge is -2.10. The van der Waals surface area contributed by atoms with E-state index in [1.807, 2.05) is 0 Å². The van der Waals surface area contributed by atoms with E-state index in [-0.39, 0.29) is 0 Å². The number of hydrogen-bond acceptors (Lipinski definition) is 3. The van der Waals surface area contributed by atoms with Crippen molar-refractivity contribution in [2.24, 2.45) is 0 Å². The Kier molecular flexibility index (Phi) is 4.18. The van der Waals surface area contributed by atoms with Crippen LogP contribution in [-0.2, 0) is 0 Å². The van der Waals surface area contributed by atoms with Crippen LogP contribution in [0.2, 0.25) is 5.02 Å².